The van der Waals surface area contributed by atoms with Gasteiger partial charge in [-0.1, -0.05) is 0 Å². The van der Waals surface area contributed by atoms with E-state index in [0.717, 1.165) is 0 Å². The van der Waals surface area contributed by atoms with E-state index in [1.54, 1.807) is 38.4 Å². The van der Waals surface area contributed by atoms with Crippen molar-refractivity contribution >= 4 is 17.1 Å². The van der Waals surface area contributed by atoms with Crippen molar-refractivity contribution in [3.63, 3.8) is 0 Å². The predicted octanol–water partition coefficient (Wildman–Crippen LogP) is 2.94. The van der Waals surface area contributed by atoms with Crippen LogP contribution in [0.1, 0.15) is 0 Å². The molecule has 0 unspecified atom stereocenters. The van der Waals surface area contributed by atoms with Crippen LogP contribution in [-0.2, 0) is 0 Å². The Morgan fingerprint density at radius 3 is 2.37 bits per heavy atom. The van der Waals surface area contributed by atoms with Gasteiger partial charge in [-0.05, 0) is 24.3 Å². The summed E-state index contributed by atoms with van der Waals surface area (Å²) in [4.78, 5) is 25.3. The van der Waals surface area contributed by atoms with Gasteiger partial charge in [-0.25, -0.2) is 4.79 Å². The van der Waals surface area contributed by atoms with Crippen LogP contribution in [0.15, 0.2) is 45.6 Å². The fourth-order valence-electron chi connectivity index (χ4n) is 2.49. The number of benzene rings is 2. The second-order valence-corrected chi connectivity index (χ2v) is 5.91. The van der Waals surface area contributed by atoms with Gasteiger partial charge in [0.2, 0.25) is 5.75 Å². The number of amides is 1. The lowest BCUT2D eigenvalue weighted by molar-refractivity contribution is 0.172. The molecule has 2 N–H and O–H groups in total. The molecule has 0 saturated heterocycles. The molecule has 1 aromatic heterocycles. The van der Waals surface area contributed by atoms with Gasteiger partial charge in [0.25, 0.3) is 0 Å². The summed E-state index contributed by atoms with van der Waals surface area (Å²) < 4.78 is 15.7. The zero-order valence-electron chi connectivity index (χ0n) is 14.8. The van der Waals surface area contributed by atoms with Gasteiger partial charge in [0.15, 0.2) is 16.9 Å². The van der Waals surface area contributed by atoms with Crippen molar-refractivity contribution in [3.8, 4) is 34.3 Å². The van der Waals surface area contributed by atoms with Crippen molar-refractivity contribution in [2.75, 3.05) is 21.2 Å². The standard InChI is InChI=1S/C19H17NO7/c1-20(2)19(24)26-11-6-4-10(5-7-11)14-8-12(21)16-15(27-14)9-13(22)18(25-3)17(16)23/h4-9,22-23H,1-3H3. The summed E-state index contributed by atoms with van der Waals surface area (Å²) in [6.07, 6.45) is -0.514. The number of carbonyl (C=O) groups excluding carboxylic acids is 1. The Morgan fingerprint density at radius 2 is 1.78 bits per heavy atom. The Kier molecular flexibility index (Phi) is 4.64. The summed E-state index contributed by atoms with van der Waals surface area (Å²) in [5.41, 5.74) is 0.0648. The van der Waals surface area contributed by atoms with Crippen LogP contribution in [0.2, 0.25) is 0 Å². The van der Waals surface area contributed by atoms with E-state index in [-0.39, 0.29) is 28.2 Å². The minimum Gasteiger partial charge on any atom is -0.504 e. The number of phenols is 2. The Bertz CT molecular complexity index is 1070. The summed E-state index contributed by atoms with van der Waals surface area (Å²) in [6.45, 7) is 0. The number of rotatable bonds is 3. The Labute approximate surface area is 153 Å². The number of aromatic hydroxyl groups is 2. The van der Waals surface area contributed by atoms with Gasteiger partial charge >= 0.3 is 6.09 Å². The maximum Gasteiger partial charge on any atom is 0.414 e. The predicted molar refractivity (Wildman–Crippen MR) is 97.5 cm³/mol. The molecule has 8 heteroatoms. The van der Waals surface area contributed by atoms with Crippen LogP contribution < -0.4 is 14.9 Å². The van der Waals surface area contributed by atoms with Crippen molar-refractivity contribution in [2.45, 2.75) is 0 Å². The lowest BCUT2D eigenvalue weighted by Gasteiger charge is -2.11. The van der Waals surface area contributed by atoms with Crippen molar-refractivity contribution in [2.24, 2.45) is 0 Å². The zero-order valence-corrected chi connectivity index (χ0v) is 14.8. The highest BCUT2D eigenvalue weighted by Gasteiger charge is 2.18. The van der Waals surface area contributed by atoms with Crippen molar-refractivity contribution in [3.05, 3.63) is 46.6 Å². The normalized spacial score (nSPS) is 10.6. The summed E-state index contributed by atoms with van der Waals surface area (Å²) in [5, 5.41) is 20.0. The summed E-state index contributed by atoms with van der Waals surface area (Å²) in [7, 11) is 4.40. The smallest absolute Gasteiger partial charge is 0.414 e. The van der Waals surface area contributed by atoms with E-state index >= 15 is 0 Å². The van der Waals surface area contributed by atoms with E-state index in [1.165, 1.54) is 24.1 Å². The monoisotopic (exact) mass is 371 g/mol. The maximum atomic E-state index is 12.4. The first-order chi connectivity index (χ1) is 12.8. The Hall–Kier alpha value is -3.68. The quantitative estimate of drug-likeness (QED) is 0.728. The Morgan fingerprint density at radius 1 is 1.11 bits per heavy atom. The molecule has 27 heavy (non-hydrogen) atoms. The minimum atomic E-state index is -0.514. The number of fused-ring (bicyclic) bond motifs is 1. The average molecular weight is 371 g/mol. The summed E-state index contributed by atoms with van der Waals surface area (Å²) in [6, 6.07) is 8.77. The first-order valence-electron chi connectivity index (χ1n) is 7.88. The van der Waals surface area contributed by atoms with Gasteiger partial charge in [0.05, 0.1) is 7.11 Å². The number of ether oxygens (including phenoxy) is 2. The van der Waals surface area contributed by atoms with Gasteiger partial charge in [-0.15, -0.1) is 0 Å². The van der Waals surface area contributed by atoms with E-state index in [0.29, 0.717) is 11.3 Å². The molecule has 0 atom stereocenters. The van der Waals surface area contributed by atoms with E-state index in [1.807, 2.05) is 0 Å². The highest BCUT2D eigenvalue weighted by molar-refractivity contribution is 5.89. The zero-order chi connectivity index (χ0) is 19.7. The van der Waals surface area contributed by atoms with E-state index in [4.69, 9.17) is 13.9 Å². The number of phenolic OH excluding ortho intramolecular Hbond substituents is 2. The third kappa shape index (κ3) is 3.37. The van der Waals surface area contributed by atoms with E-state index in [9.17, 15) is 19.8 Å². The molecule has 1 amide bonds. The molecule has 140 valence electrons. The minimum absolute atomic E-state index is 0.0106. The molecular formula is C19H17NO7. The fourth-order valence-corrected chi connectivity index (χ4v) is 2.49. The largest absolute Gasteiger partial charge is 0.504 e. The van der Waals surface area contributed by atoms with Crippen LogP contribution in [0.3, 0.4) is 0 Å². The molecule has 0 saturated carbocycles. The molecule has 0 spiro atoms. The molecule has 1 heterocycles. The van der Waals surface area contributed by atoms with Gasteiger partial charge < -0.3 is 29.0 Å². The Balaban J connectivity index is 2.03. The van der Waals surface area contributed by atoms with Crippen LogP contribution in [0.25, 0.3) is 22.3 Å². The SMILES string of the molecule is COc1c(O)cc2oc(-c3ccc(OC(=O)N(C)C)cc3)cc(=O)c2c1O. The van der Waals surface area contributed by atoms with Gasteiger partial charge in [0.1, 0.15) is 22.5 Å². The molecule has 0 aliphatic rings. The van der Waals surface area contributed by atoms with Crippen molar-refractivity contribution in [1.29, 1.82) is 0 Å². The molecular weight excluding hydrogens is 354 g/mol. The summed E-state index contributed by atoms with van der Waals surface area (Å²) in [5.74, 6) is -0.482. The van der Waals surface area contributed by atoms with E-state index in [2.05, 4.69) is 0 Å². The number of nitrogens with zero attached hydrogens (tertiary/aromatic N) is 1. The van der Waals surface area contributed by atoms with Crippen LogP contribution in [0, 0.1) is 0 Å². The second-order valence-electron chi connectivity index (χ2n) is 5.91. The third-order valence-corrected chi connectivity index (χ3v) is 3.84. The van der Waals surface area contributed by atoms with Crippen LogP contribution >= 0.6 is 0 Å². The molecule has 0 fully saturated rings. The molecule has 3 aromatic rings. The molecule has 2 aromatic carbocycles. The highest BCUT2D eigenvalue weighted by atomic mass is 16.6. The van der Waals surface area contributed by atoms with Gasteiger partial charge in [0, 0.05) is 31.8 Å². The molecule has 0 bridgehead atoms. The first-order valence-corrected chi connectivity index (χ1v) is 7.88. The van der Waals surface area contributed by atoms with Crippen LogP contribution in [-0.4, -0.2) is 42.4 Å². The molecule has 0 aliphatic heterocycles. The van der Waals surface area contributed by atoms with Gasteiger partial charge in [-0.3, -0.25) is 4.79 Å². The third-order valence-electron chi connectivity index (χ3n) is 3.84. The number of carbonyl (C=O) groups is 1. The van der Waals surface area contributed by atoms with Crippen molar-refractivity contribution in [1.82, 2.24) is 4.90 Å². The maximum absolute atomic E-state index is 12.4. The van der Waals surface area contributed by atoms with E-state index < -0.39 is 17.3 Å². The number of hydrogen-bond acceptors (Lipinski definition) is 7. The fraction of sp³-hybridized carbons (Fsp3) is 0.158. The molecule has 8 nitrogen and oxygen atoms in total. The molecule has 3 rings (SSSR count). The second kappa shape index (κ2) is 6.91. The van der Waals surface area contributed by atoms with Gasteiger partial charge in [-0.2, -0.15) is 0 Å². The highest BCUT2D eigenvalue weighted by Crippen LogP contribution is 2.41. The van der Waals surface area contributed by atoms with Crippen molar-refractivity contribution < 1.29 is 28.9 Å². The topological polar surface area (TPSA) is 109 Å². The average Bonchev–Trinajstić information content (AvgIpc) is 2.61. The number of hydrogen-bond donors (Lipinski definition) is 2. The van der Waals surface area contributed by atoms with Crippen LogP contribution in [0.5, 0.6) is 23.0 Å². The first kappa shape index (κ1) is 18.1. The summed E-state index contributed by atoms with van der Waals surface area (Å²) >= 11 is 0. The lowest BCUT2D eigenvalue weighted by atomic mass is 10.1. The number of methoxy groups -OCH3 is 1. The molecule has 0 aliphatic carbocycles. The van der Waals surface area contributed by atoms with Crippen LogP contribution in [0.4, 0.5) is 4.79 Å². The molecule has 0 radical (unpaired) electrons. The lowest BCUT2D eigenvalue weighted by Crippen LogP contribution is -2.25.